The highest BCUT2D eigenvalue weighted by atomic mass is 19.1. The molecule has 0 saturated carbocycles. The van der Waals surface area contributed by atoms with Gasteiger partial charge in [0.1, 0.15) is 5.82 Å². The van der Waals surface area contributed by atoms with Crippen molar-refractivity contribution in [2.75, 3.05) is 18.5 Å². The number of carbonyl (C=O) groups excluding carboxylic acids is 1. The van der Waals surface area contributed by atoms with E-state index in [-0.39, 0.29) is 17.8 Å². The molecule has 0 unspecified atom stereocenters. The normalized spacial score (nSPS) is 12.9. The van der Waals surface area contributed by atoms with Crippen LogP contribution in [0.4, 0.5) is 10.1 Å². The first-order valence-corrected chi connectivity index (χ1v) is 9.16. The van der Waals surface area contributed by atoms with Crippen molar-refractivity contribution >= 4 is 11.6 Å². The summed E-state index contributed by atoms with van der Waals surface area (Å²) in [4.78, 5) is 12.4. The Morgan fingerprint density at radius 2 is 1.63 bits per heavy atom. The van der Waals surface area contributed by atoms with E-state index in [1.165, 1.54) is 24.3 Å². The molecule has 0 aromatic heterocycles. The molecule has 0 aliphatic carbocycles. The highest BCUT2D eigenvalue weighted by molar-refractivity contribution is 5.94. The Bertz CT molecular complexity index is 750. The number of amides is 1. The highest BCUT2D eigenvalue weighted by Gasteiger charge is 2.18. The second kappa shape index (κ2) is 9.92. The minimum Gasteiger partial charge on any atom is -0.490 e. The summed E-state index contributed by atoms with van der Waals surface area (Å²) in [5.41, 5.74) is 1.55. The van der Waals surface area contributed by atoms with Gasteiger partial charge in [0.2, 0.25) is 5.91 Å². The van der Waals surface area contributed by atoms with E-state index in [0.717, 1.165) is 5.56 Å². The summed E-state index contributed by atoms with van der Waals surface area (Å²) in [7, 11) is 0. The van der Waals surface area contributed by atoms with Crippen LogP contribution in [0.1, 0.15) is 39.3 Å². The van der Waals surface area contributed by atoms with Crippen LogP contribution in [0.2, 0.25) is 0 Å². The first kappa shape index (κ1) is 20.7. The number of carbonyl (C=O) groups is 1. The molecule has 0 spiro atoms. The molecule has 146 valence electrons. The number of benzene rings is 2. The first-order chi connectivity index (χ1) is 12.9. The Kier molecular flexibility index (Phi) is 7.61. The number of rotatable bonds is 9. The third kappa shape index (κ3) is 5.96. The number of hydrogen-bond acceptors (Lipinski definition) is 4. The molecule has 1 amide bonds. The largest absolute Gasteiger partial charge is 0.490 e. The van der Waals surface area contributed by atoms with Gasteiger partial charge in [0.25, 0.3) is 0 Å². The average molecular weight is 374 g/mol. The van der Waals surface area contributed by atoms with Gasteiger partial charge in [-0.15, -0.1) is 0 Å². The van der Waals surface area contributed by atoms with Crippen LogP contribution in [0.25, 0.3) is 0 Å². The van der Waals surface area contributed by atoms with Crippen LogP contribution in [0.15, 0.2) is 42.5 Å². The number of anilines is 1. The molecule has 0 radical (unpaired) electrons. The van der Waals surface area contributed by atoms with Crippen molar-refractivity contribution < 1.29 is 18.7 Å². The van der Waals surface area contributed by atoms with E-state index in [1.807, 2.05) is 39.0 Å². The molecule has 2 aromatic rings. The molecule has 2 rings (SSSR count). The van der Waals surface area contributed by atoms with Crippen LogP contribution in [0.3, 0.4) is 0 Å². The quantitative estimate of drug-likeness (QED) is 0.687. The summed E-state index contributed by atoms with van der Waals surface area (Å²) < 4.78 is 24.2. The van der Waals surface area contributed by atoms with E-state index in [9.17, 15) is 9.18 Å². The highest BCUT2D eigenvalue weighted by Crippen LogP contribution is 2.30. The zero-order chi connectivity index (χ0) is 19.8. The fourth-order valence-electron chi connectivity index (χ4n) is 2.67. The van der Waals surface area contributed by atoms with Crippen LogP contribution >= 0.6 is 0 Å². The number of nitrogens with one attached hydrogen (secondary N) is 2. The summed E-state index contributed by atoms with van der Waals surface area (Å²) in [6, 6.07) is 10.9. The Labute approximate surface area is 159 Å². The first-order valence-electron chi connectivity index (χ1n) is 9.16. The minimum absolute atomic E-state index is 0.0751. The van der Waals surface area contributed by atoms with E-state index in [1.54, 1.807) is 6.92 Å². The molecule has 5 nitrogen and oxygen atoms in total. The van der Waals surface area contributed by atoms with Crippen molar-refractivity contribution in [3.8, 4) is 11.5 Å². The Balaban J connectivity index is 2.02. The summed E-state index contributed by atoms with van der Waals surface area (Å²) in [5, 5.41) is 6.04. The Morgan fingerprint density at radius 1 is 1.00 bits per heavy atom. The lowest BCUT2D eigenvalue weighted by Crippen LogP contribution is -2.39. The summed E-state index contributed by atoms with van der Waals surface area (Å²) >= 11 is 0. The number of halogens is 1. The van der Waals surface area contributed by atoms with Gasteiger partial charge in [0.15, 0.2) is 11.5 Å². The van der Waals surface area contributed by atoms with Crippen molar-refractivity contribution in [3.05, 3.63) is 53.8 Å². The van der Waals surface area contributed by atoms with Gasteiger partial charge < -0.3 is 14.8 Å². The summed E-state index contributed by atoms with van der Waals surface area (Å²) in [6.45, 7) is 8.72. The molecule has 27 heavy (non-hydrogen) atoms. The monoisotopic (exact) mass is 374 g/mol. The molecule has 0 fully saturated rings. The van der Waals surface area contributed by atoms with E-state index < -0.39 is 6.04 Å². The standard InChI is InChI=1S/C21H27FN2O3/c1-5-26-19-12-7-16(13-20(19)27-6-2)14(3)23-15(4)21(25)24-18-10-8-17(22)9-11-18/h7-15,23H,5-6H2,1-4H3,(H,24,25)/t14-,15+/m1/s1. The van der Waals surface area contributed by atoms with Crippen LogP contribution in [-0.2, 0) is 4.79 Å². The van der Waals surface area contributed by atoms with Gasteiger partial charge in [-0.1, -0.05) is 6.07 Å². The molecule has 2 N–H and O–H groups in total. The maximum atomic E-state index is 13.0. The van der Waals surface area contributed by atoms with Crippen molar-refractivity contribution in [2.24, 2.45) is 0 Å². The second-order valence-corrected chi connectivity index (χ2v) is 6.18. The predicted molar refractivity (Wildman–Crippen MR) is 105 cm³/mol. The van der Waals surface area contributed by atoms with Gasteiger partial charge in [0, 0.05) is 11.7 Å². The lowest BCUT2D eigenvalue weighted by atomic mass is 10.1. The molecule has 6 heteroatoms. The van der Waals surface area contributed by atoms with Crippen molar-refractivity contribution in [1.82, 2.24) is 5.32 Å². The molecular formula is C21H27FN2O3. The second-order valence-electron chi connectivity index (χ2n) is 6.18. The summed E-state index contributed by atoms with van der Waals surface area (Å²) in [6.07, 6.45) is 0. The molecule has 0 saturated heterocycles. The third-order valence-corrected chi connectivity index (χ3v) is 4.07. The smallest absolute Gasteiger partial charge is 0.241 e. The fourth-order valence-corrected chi connectivity index (χ4v) is 2.67. The zero-order valence-electron chi connectivity index (χ0n) is 16.2. The molecule has 0 aliphatic heterocycles. The molecule has 2 aromatic carbocycles. The SMILES string of the molecule is CCOc1ccc([C@@H](C)N[C@@H](C)C(=O)Nc2ccc(F)cc2)cc1OCC. The van der Waals surface area contributed by atoms with E-state index in [4.69, 9.17) is 9.47 Å². The Hall–Kier alpha value is -2.60. The maximum absolute atomic E-state index is 13.0. The zero-order valence-corrected chi connectivity index (χ0v) is 16.2. The van der Waals surface area contributed by atoms with E-state index >= 15 is 0 Å². The lowest BCUT2D eigenvalue weighted by Gasteiger charge is -2.21. The van der Waals surface area contributed by atoms with Gasteiger partial charge in [-0.2, -0.15) is 0 Å². The van der Waals surface area contributed by atoms with Crippen molar-refractivity contribution in [2.45, 2.75) is 39.8 Å². The van der Waals surface area contributed by atoms with Gasteiger partial charge >= 0.3 is 0 Å². The Morgan fingerprint density at radius 3 is 2.26 bits per heavy atom. The van der Waals surface area contributed by atoms with Crippen LogP contribution in [0, 0.1) is 5.82 Å². The third-order valence-electron chi connectivity index (χ3n) is 4.07. The topological polar surface area (TPSA) is 59.6 Å². The number of hydrogen-bond donors (Lipinski definition) is 2. The van der Waals surface area contributed by atoms with Gasteiger partial charge in [-0.3, -0.25) is 10.1 Å². The average Bonchev–Trinajstić information content (AvgIpc) is 2.65. The van der Waals surface area contributed by atoms with E-state index in [2.05, 4.69) is 10.6 Å². The fraction of sp³-hybridized carbons (Fsp3) is 0.381. The minimum atomic E-state index is -0.438. The van der Waals surface area contributed by atoms with Crippen LogP contribution < -0.4 is 20.1 Å². The van der Waals surface area contributed by atoms with Crippen LogP contribution in [0.5, 0.6) is 11.5 Å². The lowest BCUT2D eigenvalue weighted by molar-refractivity contribution is -0.117. The summed E-state index contributed by atoms with van der Waals surface area (Å²) in [5.74, 6) is 0.865. The predicted octanol–water partition coefficient (Wildman–Crippen LogP) is 4.30. The molecule has 0 aliphatic rings. The molecular weight excluding hydrogens is 347 g/mol. The molecule has 2 atom stereocenters. The maximum Gasteiger partial charge on any atom is 0.241 e. The van der Waals surface area contributed by atoms with Gasteiger partial charge in [-0.25, -0.2) is 4.39 Å². The molecule has 0 bridgehead atoms. The van der Waals surface area contributed by atoms with Crippen LogP contribution in [-0.4, -0.2) is 25.2 Å². The van der Waals surface area contributed by atoms with Gasteiger partial charge in [0.05, 0.1) is 19.3 Å². The van der Waals surface area contributed by atoms with Crippen molar-refractivity contribution in [1.29, 1.82) is 0 Å². The van der Waals surface area contributed by atoms with E-state index in [0.29, 0.717) is 30.4 Å². The van der Waals surface area contributed by atoms with Crippen molar-refractivity contribution in [3.63, 3.8) is 0 Å². The number of ether oxygens (including phenoxy) is 2. The molecule has 0 heterocycles. The van der Waals surface area contributed by atoms with Gasteiger partial charge in [-0.05, 0) is 69.7 Å².